The standard InChI is InChI=1S/C22H33BrN2O6/c1-6-9-25(21(3,4)5)19(28)17-22-12-13(23)16(31-22)14(20(29)30-7-2)15(22)18(27)24(17)10-8-11-26/h6,13-17,26H,1,7-12H2,2-5H3/t13?,14-,15+,16-,17-,22+/m1/s1. The zero-order valence-corrected chi connectivity index (χ0v) is 20.3. The Bertz CT molecular complexity index is 753. The number of ether oxygens (including phenoxy) is 2. The summed E-state index contributed by atoms with van der Waals surface area (Å²) in [6.45, 7) is 11.9. The minimum absolute atomic E-state index is 0.107. The molecular weight excluding hydrogens is 468 g/mol. The molecule has 0 aromatic rings. The lowest BCUT2D eigenvalue weighted by molar-refractivity contribution is -0.155. The molecule has 31 heavy (non-hydrogen) atoms. The van der Waals surface area contributed by atoms with Crippen molar-refractivity contribution in [1.29, 1.82) is 0 Å². The normalized spacial score (nSPS) is 34.1. The first-order valence-electron chi connectivity index (χ1n) is 10.9. The molecule has 3 aliphatic rings. The summed E-state index contributed by atoms with van der Waals surface area (Å²) in [6, 6.07) is -0.875. The number of carbonyl (C=O) groups is 3. The second kappa shape index (κ2) is 8.83. The summed E-state index contributed by atoms with van der Waals surface area (Å²) in [5.41, 5.74) is -1.61. The van der Waals surface area contributed by atoms with Crippen LogP contribution in [0, 0.1) is 11.8 Å². The van der Waals surface area contributed by atoms with Gasteiger partial charge in [-0.25, -0.2) is 0 Å². The van der Waals surface area contributed by atoms with E-state index < -0.39 is 41.1 Å². The van der Waals surface area contributed by atoms with Crippen LogP contribution in [0.4, 0.5) is 0 Å². The average Bonchev–Trinajstić information content (AvgIpc) is 3.27. The summed E-state index contributed by atoms with van der Waals surface area (Å²) in [4.78, 5) is 43.4. The van der Waals surface area contributed by atoms with Crippen molar-refractivity contribution in [1.82, 2.24) is 9.80 Å². The van der Waals surface area contributed by atoms with Crippen molar-refractivity contribution in [2.75, 3.05) is 26.3 Å². The van der Waals surface area contributed by atoms with Gasteiger partial charge in [0.25, 0.3) is 0 Å². The maximum Gasteiger partial charge on any atom is 0.312 e. The van der Waals surface area contributed by atoms with Crippen LogP contribution >= 0.6 is 15.9 Å². The Morgan fingerprint density at radius 1 is 1.45 bits per heavy atom. The Morgan fingerprint density at radius 2 is 2.13 bits per heavy atom. The highest BCUT2D eigenvalue weighted by atomic mass is 79.9. The molecule has 0 aromatic carbocycles. The van der Waals surface area contributed by atoms with Crippen molar-refractivity contribution < 1.29 is 29.0 Å². The van der Waals surface area contributed by atoms with E-state index in [1.54, 1.807) is 17.9 Å². The molecule has 6 atom stereocenters. The van der Waals surface area contributed by atoms with E-state index in [9.17, 15) is 19.5 Å². The van der Waals surface area contributed by atoms with Crippen LogP contribution < -0.4 is 0 Å². The van der Waals surface area contributed by atoms with Gasteiger partial charge in [0, 0.05) is 30.1 Å². The van der Waals surface area contributed by atoms with Gasteiger partial charge >= 0.3 is 5.97 Å². The molecule has 0 aliphatic carbocycles. The molecule has 3 saturated heterocycles. The van der Waals surface area contributed by atoms with E-state index in [0.29, 0.717) is 19.4 Å². The van der Waals surface area contributed by atoms with Crippen LogP contribution in [-0.2, 0) is 23.9 Å². The monoisotopic (exact) mass is 500 g/mol. The number of hydrogen-bond donors (Lipinski definition) is 1. The quantitative estimate of drug-likeness (QED) is 0.308. The molecule has 0 saturated carbocycles. The molecule has 9 heteroatoms. The third kappa shape index (κ3) is 3.82. The highest BCUT2D eigenvalue weighted by Gasteiger charge is 2.77. The number of nitrogens with zero attached hydrogens (tertiary/aromatic N) is 2. The highest BCUT2D eigenvalue weighted by Crippen LogP contribution is 2.60. The van der Waals surface area contributed by atoms with E-state index in [4.69, 9.17) is 9.47 Å². The highest BCUT2D eigenvalue weighted by molar-refractivity contribution is 9.09. The minimum Gasteiger partial charge on any atom is -0.466 e. The summed E-state index contributed by atoms with van der Waals surface area (Å²) < 4.78 is 11.7. The van der Waals surface area contributed by atoms with Crippen molar-refractivity contribution in [3.05, 3.63) is 12.7 Å². The summed E-state index contributed by atoms with van der Waals surface area (Å²) in [5.74, 6) is -2.51. The molecule has 8 nitrogen and oxygen atoms in total. The van der Waals surface area contributed by atoms with Crippen molar-refractivity contribution in [2.24, 2.45) is 11.8 Å². The van der Waals surface area contributed by atoms with Gasteiger partial charge in [-0.1, -0.05) is 22.0 Å². The number of carbonyl (C=O) groups excluding carboxylic acids is 3. The van der Waals surface area contributed by atoms with Gasteiger partial charge in [0.2, 0.25) is 11.8 Å². The fraction of sp³-hybridized carbons (Fsp3) is 0.773. The largest absolute Gasteiger partial charge is 0.466 e. The van der Waals surface area contributed by atoms with Crippen LogP contribution in [0.5, 0.6) is 0 Å². The molecule has 2 amide bonds. The Balaban J connectivity index is 2.08. The molecule has 1 unspecified atom stereocenters. The SMILES string of the molecule is C=CCN(C(=O)[C@H]1N(CCCO)C(=O)[C@@H]2[C@@H](C(=O)OCC)[C@@H]3O[C@@]21CC3Br)C(C)(C)C. The molecule has 1 spiro atoms. The molecule has 1 N–H and O–H groups in total. The maximum atomic E-state index is 13.9. The zero-order chi connectivity index (χ0) is 23.1. The Hall–Kier alpha value is -1.45. The van der Waals surface area contributed by atoms with Crippen LogP contribution in [0.25, 0.3) is 0 Å². The predicted octanol–water partition coefficient (Wildman–Crippen LogP) is 1.49. The van der Waals surface area contributed by atoms with Crippen molar-refractivity contribution in [3.8, 4) is 0 Å². The van der Waals surface area contributed by atoms with Crippen LogP contribution in [0.1, 0.15) is 40.5 Å². The smallest absolute Gasteiger partial charge is 0.312 e. The number of amides is 2. The second-order valence-corrected chi connectivity index (χ2v) is 10.6. The van der Waals surface area contributed by atoms with E-state index in [1.165, 1.54) is 4.90 Å². The van der Waals surface area contributed by atoms with Gasteiger partial charge in [0.15, 0.2) is 0 Å². The second-order valence-electron chi connectivity index (χ2n) is 9.43. The number of aliphatic hydroxyl groups is 1. The first-order chi connectivity index (χ1) is 14.5. The maximum absolute atomic E-state index is 13.9. The third-order valence-corrected chi connectivity index (χ3v) is 7.37. The van der Waals surface area contributed by atoms with Gasteiger partial charge in [-0.15, -0.1) is 6.58 Å². The lowest BCUT2D eigenvalue weighted by Crippen LogP contribution is -2.60. The van der Waals surface area contributed by atoms with Gasteiger partial charge in [0.05, 0.1) is 24.5 Å². The Morgan fingerprint density at radius 3 is 2.68 bits per heavy atom. The topological polar surface area (TPSA) is 96.4 Å². The van der Waals surface area contributed by atoms with Crippen molar-refractivity contribution >= 4 is 33.7 Å². The molecule has 3 rings (SSSR count). The zero-order valence-electron chi connectivity index (χ0n) is 18.7. The Kier molecular flexibility index (Phi) is 6.89. The lowest BCUT2D eigenvalue weighted by Gasteiger charge is -2.42. The van der Waals surface area contributed by atoms with Gasteiger partial charge < -0.3 is 24.4 Å². The van der Waals surface area contributed by atoms with Crippen molar-refractivity contribution in [3.63, 3.8) is 0 Å². The molecule has 3 fully saturated rings. The first-order valence-corrected chi connectivity index (χ1v) is 11.8. The number of likely N-dealkylation sites (tertiary alicyclic amines) is 1. The number of esters is 1. The van der Waals surface area contributed by atoms with Crippen molar-refractivity contribution in [2.45, 2.75) is 68.6 Å². The fourth-order valence-corrected chi connectivity index (χ4v) is 6.31. The number of hydrogen-bond acceptors (Lipinski definition) is 6. The van der Waals surface area contributed by atoms with E-state index in [1.807, 2.05) is 20.8 Å². The molecule has 0 aromatic heterocycles. The molecule has 174 valence electrons. The Labute approximate surface area is 192 Å². The van der Waals surface area contributed by atoms with E-state index >= 15 is 0 Å². The van der Waals surface area contributed by atoms with Crippen LogP contribution in [-0.4, -0.2) is 87.1 Å². The van der Waals surface area contributed by atoms with E-state index in [2.05, 4.69) is 22.5 Å². The van der Waals surface area contributed by atoms with Gasteiger partial charge in [-0.2, -0.15) is 0 Å². The summed E-state index contributed by atoms with van der Waals surface area (Å²) >= 11 is 3.62. The third-order valence-electron chi connectivity index (χ3n) is 6.53. The fourth-order valence-electron chi connectivity index (χ4n) is 5.37. The number of rotatable bonds is 8. The average molecular weight is 501 g/mol. The first kappa shape index (κ1) is 24.2. The predicted molar refractivity (Wildman–Crippen MR) is 117 cm³/mol. The lowest BCUT2D eigenvalue weighted by atomic mass is 9.70. The van der Waals surface area contributed by atoms with Crippen LogP contribution in [0.3, 0.4) is 0 Å². The van der Waals surface area contributed by atoms with Crippen LogP contribution in [0.2, 0.25) is 0 Å². The number of halogens is 1. The van der Waals surface area contributed by atoms with Gasteiger partial charge in [-0.05, 0) is 40.5 Å². The number of fused-ring (bicyclic) bond motifs is 1. The number of alkyl halides is 1. The minimum atomic E-state index is -1.11. The molecule has 3 aliphatic heterocycles. The van der Waals surface area contributed by atoms with Gasteiger partial charge in [-0.3, -0.25) is 14.4 Å². The van der Waals surface area contributed by atoms with Gasteiger partial charge in [0.1, 0.15) is 11.6 Å². The molecule has 0 radical (unpaired) electrons. The molecule has 2 bridgehead atoms. The molecular formula is C22H33BrN2O6. The van der Waals surface area contributed by atoms with E-state index in [0.717, 1.165) is 0 Å². The summed E-state index contributed by atoms with van der Waals surface area (Å²) in [5, 5.41) is 9.39. The molecule has 3 heterocycles. The van der Waals surface area contributed by atoms with Crippen LogP contribution in [0.15, 0.2) is 12.7 Å². The van der Waals surface area contributed by atoms with E-state index in [-0.39, 0.29) is 36.4 Å². The summed E-state index contributed by atoms with van der Waals surface area (Å²) in [6.07, 6.45) is 1.92. The summed E-state index contributed by atoms with van der Waals surface area (Å²) in [7, 11) is 0. The number of aliphatic hydroxyl groups excluding tert-OH is 1.